The maximum atomic E-state index is 9.66. The molecule has 0 aliphatic carbocycles. The van der Waals surface area contributed by atoms with Crippen molar-refractivity contribution in [1.82, 2.24) is 4.98 Å². The minimum Gasteiger partial charge on any atom is -0.494 e. The number of hydrogen-bond acceptors (Lipinski definition) is 4. The van der Waals surface area contributed by atoms with E-state index in [4.69, 9.17) is 4.74 Å². The molecule has 3 rings (SSSR count). The highest BCUT2D eigenvalue weighted by Crippen LogP contribution is 2.27. The normalized spacial score (nSPS) is 11.3. The van der Waals surface area contributed by atoms with Crippen molar-refractivity contribution in [2.45, 2.75) is 52.4 Å². The van der Waals surface area contributed by atoms with E-state index in [0.29, 0.717) is 5.57 Å². The van der Waals surface area contributed by atoms with Gasteiger partial charge in [0, 0.05) is 10.9 Å². The Morgan fingerprint density at radius 3 is 2.42 bits per heavy atom. The number of nitrogens with zero attached hydrogens (tertiary/aromatic N) is 2. The molecule has 3 aromatic rings. The molecule has 1 aromatic heterocycles. The third kappa shape index (κ3) is 7.08. The maximum Gasteiger partial charge on any atom is 0.134 e. The van der Waals surface area contributed by atoms with Crippen molar-refractivity contribution < 1.29 is 4.74 Å². The minimum atomic E-state index is 0.573. The molecule has 0 atom stereocenters. The summed E-state index contributed by atoms with van der Waals surface area (Å²) in [6.45, 7) is 5.06. The van der Waals surface area contributed by atoms with Crippen molar-refractivity contribution in [1.29, 1.82) is 5.26 Å². The number of thiazole rings is 1. The van der Waals surface area contributed by atoms with E-state index in [1.165, 1.54) is 49.0 Å². The van der Waals surface area contributed by atoms with Gasteiger partial charge in [0.2, 0.25) is 0 Å². The summed E-state index contributed by atoms with van der Waals surface area (Å²) in [6.07, 6.45) is 9.43. The van der Waals surface area contributed by atoms with Crippen LogP contribution in [0.4, 0.5) is 0 Å². The predicted molar refractivity (Wildman–Crippen MR) is 131 cm³/mol. The second kappa shape index (κ2) is 12.1. The molecular weight excluding hydrogens is 400 g/mol. The Bertz CT molecular complexity index is 1010. The molecule has 0 fully saturated rings. The zero-order valence-electron chi connectivity index (χ0n) is 18.4. The number of ether oxygens (including phenoxy) is 1. The van der Waals surface area contributed by atoms with E-state index in [1.54, 1.807) is 0 Å². The molecule has 160 valence electrons. The van der Waals surface area contributed by atoms with Crippen molar-refractivity contribution in [2.75, 3.05) is 6.61 Å². The third-order valence-electron chi connectivity index (χ3n) is 5.16. The van der Waals surface area contributed by atoms with Crippen molar-refractivity contribution in [3.8, 4) is 23.1 Å². The lowest BCUT2D eigenvalue weighted by atomic mass is 10.1. The zero-order chi connectivity index (χ0) is 21.9. The van der Waals surface area contributed by atoms with E-state index >= 15 is 0 Å². The van der Waals surface area contributed by atoms with Crippen LogP contribution < -0.4 is 4.74 Å². The Labute approximate surface area is 190 Å². The molecule has 0 bridgehead atoms. The number of nitriles is 1. The molecule has 0 unspecified atom stereocenters. The van der Waals surface area contributed by atoms with Gasteiger partial charge < -0.3 is 4.74 Å². The Morgan fingerprint density at radius 2 is 1.71 bits per heavy atom. The topological polar surface area (TPSA) is 45.9 Å². The van der Waals surface area contributed by atoms with Crippen molar-refractivity contribution in [3.63, 3.8) is 0 Å². The monoisotopic (exact) mass is 430 g/mol. The lowest BCUT2D eigenvalue weighted by Crippen LogP contribution is -1.97. The van der Waals surface area contributed by atoms with Crippen molar-refractivity contribution in [3.05, 3.63) is 70.0 Å². The van der Waals surface area contributed by atoms with E-state index in [0.717, 1.165) is 40.6 Å². The number of rotatable bonds is 11. The second-order valence-electron chi connectivity index (χ2n) is 7.76. The van der Waals surface area contributed by atoms with Gasteiger partial charge in [-0.1, -0.05) is 81.0 Å². The van der Waals surface area contributed by atoms with Crippen LogP contribution in [0.15, 0.2) is 53.9 Å². The summed E-state index contributed by atoms with van der Waals surface area (Å²) in [7, 11) is 0. The maximum absolute atomic E-state index is 9.66. The van der Waals surface area contributed by atoms with Crippen LogP contribution in [-0.4, -0.2) is 11.6 Å². The Morgan fingerprint density at radius 1 is 1.00 bits per heavy atom. The van der Waals surface area contributed by atoms with Crippen LogP contribution in [0.25, 0.3) is 22.9 Å². The number of aryl methyl sites for hydroxylation is 1. The quantitative estimate of drug-likeness (QED) is 0.229. The molecule has 2 aromatic carbocycles. The Balaban J connectivity index is 1.57. The van der Waals surface area contributed by atoms with Gasteiger partial charge in [0.05, 0.1) is 17.9 Å². The van der Waals surface area contributed by atoms with Gasteiger partial charge in [-0.2, -0.15) is 5.26 Å². The smallest absolute Gasteiger partial charge is 0.134 e. The summed E-state index contributed by atoms with van der Waals surface area (Å²) in [5.41, 5.74) is 4.73. The standard InChI is InChI=1S/C27H30N2OS/c1-3-4-5-6-7-8-17-30-25-15-11-22(12-16-25)18-24(19-28)27-29-26(20-31-27)23-13-9-21(2)10-14-23/h9-16,18,20H,3-8,17H2,1-2H3. The van der Waals surface area contributed by atoms with Gasteiger partial charge in [-0.05, 0) is 37.1 Å². The zero-order valence-corrected chi connectivity index (χ0v) is 19.3. The summed E-state index contributed by atoms with van der Waals surface area (Å²) < 4.78 is 5.85. The molecular formula is C27H30N2OS. The number of hydrogen-bond donors (Lipinski definition) is 0. The molecule has 0 N–H and O–H groups in total. The highest BCUT2D eigenvalue weighted by molar-refractivity contribution is 7.11. The lowest BCUT2D eigenvalue weighted by Gasteiger charge is -2.06. The van der Waals surface area contributed by atoms with Gasteiger partial charge in [-0.15, -0.1) is 11.3 Å². The highest BCUT2D eigenvalue weighted by Gasteiger charge is 2.09. The number of allylic oxidation sites excluding steroid dienone is 1. The van der Waals surface area contributed by atoms with E-state index in [9.17, 15) is 5.26 Å². The first-order valence-electron chi connectivity index (χ1n) is 11.1. The van der Waals surface area contributed by atoms with Gasteiger partial charge in [-0.25, -0.2) is 4.98 Å². The number of aromatic nitrogens is 1. The Hall–Kier alpha value is -2.90. The molecule has 0 saturated heterocycles. The van der Waals surface area contributed by atoms with Gasteiger partial charge in [-0.3, -0.25) is 0 Å². The third-order valence-corrected chi connectivity index (χ3v) is 6.04. The molecule has 1 heterocycles. The van der Waals surface area contributed by atoms with Crippen molar-refractivity contribution in [2.24, 2.45) is 0 Å². The number of benzene rings is 2. The van der Waals surface area contributed by atoms with E-state index in [1.807, 2.05) is 35.7 Å². The van der Waals surface area contributed by atoms with E-state index < -0.39 is 0 Å². The highest BCUT2D eigenvalue weighted by atomic mass is 32.1. The van der Waals surface area contributed by atoms with Crippen LogP contribution in [0.5, 0.6) is 5.75 Å². The summed E-state index contributed by atoms with van der Waals surface area (Å²) in [5, 5.41) is 12.4. The van der Waals surface area contributed by atoms with Crippen molar-refractivity contribution >= 4 is 23.0 Å². The van der Waals surface area contributed by atoms with Gasteiger partial charge in [0.15, 0.2) is 0 Å². The average Bonchev–Trinajstić information content (AvgIpc) is 3.28. The molecule has 0 saturated carbocycles. The largest absolute Gasteiger partial charge is 0.494 e. The van der Waals surface area contributed by atoms with Crippen LogP contribution in [0.2, 0.25) is 0 Å². The average molecular weight is 431 g/mol. The predicted octanol–water partition coefficient (Wildman–Crippen LogP) is 7.92. The van der Waals surface area contributed by atoms with Crippen LogP contribution >= 0.6 is 11.3 Å². The molecule has 0 spiro atoms. The van der Waals surface area contributed by atoms with Crippen LogP contribution in [0.1, 0.15) is 61.6 Å². The molecule has 0 amide bonds. The second-order valence-corrected chi connectivity index (χ2v) is 8.62. The summed E-state index contributed by atoms with van der Waals surface area (Å²) in [6, 6.07) is 18.5. The minimum absolute atomic E-state index is 0.573. The van der Waals surface area contributed by atoms with Crippen LogP contribution in [0, 0.1) is 18.3 Å². The van der Waals surface area contributed by atoms with Crippen LogP contribution in [0.3, 0.4) is 0 Å². The molecule has 31 heavy (non-hydrogen) atoms. The molecule has 0 aliphatic rings. The Kier molecular flexibility index (Phi) is 8.87. The lowest BCUT2D eigenvalue weighted by molar-refractivity contribution is 0.304. The van der Waals surface area contributed by atoms with Gasteiger partial charge in [0.25, 0.3) is 0 Å². The number of unbranched alkanes of at least 4 members (excludes halogenated alkanes) is 5. The summed E-state index contributed by atoms with van der Waals surface area (Å²) >= 11 is 1.50. The van der Waals surface area contributed by atoms with Crippen LogP contribution in [-0.2, 0) is 0 Å². The first-order valence-corrected chi connectivity index (χ1v) is 11.9. The SMILES string of the molecule is CCCCCCCCOc1ccc(C=C(C#N)c2nc(-c3ccc(C)cc3)cs2)cc1. The first-order chi connectivity index (χ1) is 15.2. The molecule has 4 heteroatoms. The van der Waals surface area contributed by atoms with E-state index in [2.05, 4.69) is 49.2 Å². The van der Waals surface area contributed by atoms with E-state index in [-0.39, 0.29) is 0 Å². The molecule has 0 radical (unpaired) electrons. The molecule has 0 aliphatic heterocycles. The fourth-order valence-electron chi connectivity index (χ4n) is 3.30. The summed E-state index contributed by atoms with van der Waals surface area (Å²) in [5.74, 6) is 0.875. The fourth-order valence-corrected chi connectivity index (χ4v) is 4.09. The van der Waals surface area contributed by atoms with Gasteiger partial charge in [0.1, 0.15) is 16.8 Å². The fraction of sp³-hybridized carbons (Fsp3) is 0.333. The summed E-state index contributed by atoms with van der Waals surface area (Å²) in [4.78, 5) is 4.67. The molecule has 3 nitrogen and oxygen atoms in total. The first kappa shape index (κ1) is 22.8. The van der Waals surface area contributed by atoms with Gasteiger partial charge >= 0.3 is 0 Å².